The SMILES string of the molecule is Cc1cccc(C)c1NC(=S)NC(=O)c1ccc(-c2cccc([N+](=O)[O-])c2)o1. The molecule has 1 aromatic heterocycles. The molecule has 1 heterocycles. The number of nitrogens with one attached hydrogen (secondary N) is 2. The molecule has 0 radical (unpaired) electrons. The number of carbonyl (C=O) groups is 1. The van der Waals surface area contributed by atoms with E-state index in [2.05, 4.69) is 10.6 Å². The van der Waals surface area contributed by atoms with Gasteiger partial charge in [0.15, 0.2) is 10.9 Å². The molecule has 0 spiro atoms. The Kier molecular flexibility index (Phi) is 5.51. The van der Waals surface area contributed by atoms with Gasteiger partial charge in [0.05, 0.1) is 4.92 Å². The van der Waals surface area contributed by atoms with E-state index in [0.717, 1.165) is 16.8 Å². The third-order valence-corrected chi connectivity index (χ3v) is 4.32. The molecule has 0 aliphatic carbocycles. The number of amides is 1. The summed E-state index contributed by atoms with van der Waals surface area (Å²) in [5.41, 5.74) is 3.29. The highest BCUT2D eigenvalue weighted by Gasteiger charge is 2.16. The first-order chi connectivity index (χ1) is 13.3. The molecular weight excluding hydrogens is 378 g/mol. The number of para-hydroxylation sites is 1. The number of aryl methyl sites for hydroxylation is 2. The average Bonchev–Trinajstić information content (AvgIpc) is 3.15. The Morgan fingerprint density at radius 1 is 1.07 bits per heavy atom. The molecule has 0 saturated heterocycles. The molecule has 0 atom stereocenters. The molecule has 3 rings (SSSR count). The first-order valence-corrected chi connectivity index (χ1v) is 8.79. The van der Waals surface area contributed by atoms with Gasteiger partial charge < -0.3 is 9.73 Å². The molecule has 0 aliphatic heterocycles. The molecule has 3 aromatic rings. The van der Waals surface area contributed by atoms with Crippen molar-refractivity contribution in [2.24, 2.45) is 0 Å². The Labute approximate surface area is 166 Å². The number of hydrogen-bond donors (Lipinski definition) is 2. The zero-order valence-electron chi connectivity index (χ0n) is 15.2. The lowest BCUT2D eigenvalue weighted by atomic mass is 10.1. The molecule has 0 bridgehead atoms. The zero-order valence-corrected chi connectivity index (χ0v) is 16.0. The van der Waals surface area contributed by atoms with Crippen LogP contribution >= 0.6 is 12.2 Å². The molecule has 142 valence electrons. The van der Waals surface area contributed by atoms with E-state index in [0.29, 0.717) is 11.3 Å². The largest absolute Gasteiger partial charge is 0.451 e. The fourth-order valence-corrected chi connectivity index (χ4v) is 2.90. The fraction of sp³-hybridized carbons (Fsp3) is 0.100. The first kappa shape index (κ1) is 19.2. The van der Waals surface area contributed by atoms with E-state index in [1.165, 1.54) is 18.2 Å². The maximum atomic E-state index is 12.4. The average molecular weight is 395 g/mol. The summed E-state index contributed by atoms with van der Waals surface area (Å²) in [5, 5.41) is 16.6. The zero-order chi connectivity index (χ0) is 20.3. The Balaban J connectivity index is 1.71. The lowest BCUT2D eigenvalue weighted by Crippen LogP contribution is -2.34. The summed E-state index contributed by atoms with van der Waals surface area (Å²) >= 11 is 5.22. The maximum absolute atomic E-state index is 12.4. The third-order valence-electron chi connectivity index (χ3n) is 4.12. The van der Waals surface area contributed by atoms with Gasteiger partial charge in [-0.2, -0.15) is 0 Å². The van der Waals surface area contributed by atoms with Crippen molar-refractivity contribution in [1.29, 1.82) is 0 Å². The number of anilines is 1. The van der Waals surface area contributed by atoms with Crippen molar-refractivity contribution in [1.82, 2.24) is 5.32 Å². The van der Waals surface area contributed by atoms with Crippen molar-refractivity contribution in [3.8, 4) is 11.3 Å². The number of nitrogens with zero attached hydrogens (tertiary/aromatic N) is 1. The predicted molar refractivity (Wildman–Crippen MR) is 110 cm³/mol. The minimum Gasteiger partial charge on any atom is -0.451 e. The highest BCUT2D eigenvalue weighted by molar-refractivity contribution is 7.80. The topological polar surface area (TPSA) is 97.4 Å². The molecule has 0 saturated carbocycles. The molecular formula is C20H17N3O4S. The number of non-ortho nitro benzene ring substituents is 1. The van der Waals surface area contributed by atoms with Crippen LogP contribution in [-0.2, 0) is 0 Å². The molecule has 28 heavy (non-hydrogen) atoms. The molecule has 0 unspecified atom stereocenters. The quantitative estimate of drug-likeness (QED) is 0.381. The number of thiocarbonyl (C=S) groups is 1. The second-order valence-electron chi connectivity index (χ2n) is 6.15. The van der Waals surface area contributed by atoms with Crippen LogP contribution in [0.3, 0.4) is 0 Å². The van der Waals surface area contributed by atoms with Crippen molar-refractivity contribution in [3.05, 3.63) is 81.6 Å². The second kappa shape index (κ2) is 8.01. The van der Waals surface area contributed by atoms with Gasteiger partial charge in [-0.3, -0.25) is 20.2 Å². The summed E-state index contributed by atoms with van der Waals surface area (Å²) in [4.78, 5) is 22.8. The van der Waals surface area contributed by atoms with Gasteiger partial charge in [0, 0.05) is 23.4 Å². The highest BCUT2D eigenvalue weighted by Crippen LogP contribution is 2.26. The number of nitro groups is 1. The van der Waals surface area contributed by atoms with Gasteiger partial charge in [-0.15, -0.1) is 0 Å². The number of furan rings is 1. The van der Waals surface area contributed by atoms with Gasteiger partial charge in [-0.25, -0.2) is 0 Å². The van der Waals surface area contributed by atoms with Gasteiger partial charge in [0.1, 0.15) is 5.76 Å². The van der Waals surface area contributed by atoms with Crippen LogP contribution in [0.15, 0.2) is 59.0 Å². The standard InChI is InChI=1S/C20H17N3O4S/c1-12-5-3-6-13(2)18(12)21-20(28)22-19(24)17-10-9-16(27-17)14-7-4-8-15(11-14)23(25)26/h3-11H,1-2H3,(H2,21,22,24,28). The Morgan fingerprint density at radius 3 is 2.43 bits per heavy atom. The van der Waals surface area contributed by atoms with Crippen LogP contribution in [0.2, 0.25) is 0 Å². The smallest absolute Gasteiger partial charge is 0.293 e. The monoisotopic (exact) mass is 395 g/mol. The molecule has 8 heteroatoms. The number of hydrogen-bond acceptors (Lipinski definition) is 5. The molecule has 2 N–H and O–H groups in total. The summed E-state index contributed by atoms with van der Waals surface area (Å²) in [7, 11) is 0. The van der Waals surface area contributed by atoms with Crippen molar-refractivity contribution in [2.45, 2.75) is 13.8 Å². The van der Waals surface area contributed by atoms with E-state index >= 15 is 0 Å². The van der Waals surface area contributed by atoms with Crippen LogP contribution in [0.1, 0.15) is 21.7 Å². The van der Waals surface area contributed by atoms with Gasteiger partial charge in [-0.1, -0.05) is 30.3 Å². The molecule has 1 amide bonds. The summed E-state index contributed by atoms with van der Waals surface area (Å²) in [6, 6.07) is 14.9. The van der Waals surface area contributed by atoms with E-state index < -0.39 is 10.8 Å². The normalized spacial score (nSPS) is 10.4. The number of rotatable bonds is 4. The fourth-order valence-electron chi connectivity index (χ4n) is 2.71. The predicted octanol–water partition coefficient (Wildman–Crippen LogP) is 4.60. The highest BCUT2D eigenvalue weighted by atomic mass is 32.1. The van der Waals surface area contributed by atoms with Crippen molar-refractivity contribution in [2.75, 3.05) is 5.32 Å². The van der Waals surface area contributed by atoms with Crippen molar-refractivity contribution >= 4 is 34.6 Å². The van der Waals surface area contributed by atoms with Crippen LogP contribution in [-0.4, -0.2) is 15.9 Å². The molecule has 0 fully saturated rings. The van der Waals surface area contributed by atoms with E-state index in [1.807, 2.05) is 32.0 Å². The van der Waals surface area contributed by atoms with E-state index in [4.69, 9.17) is 16.6 Å². The Morgan fingerprint density at radius 2 is 1.75 bits per heavy atom. The number of benzene rings is 2. The number of carbonyl (C=O) groups excluding carboxylic acids is 1. The third kappa shape index (κ3) is 4.24. The lowest BCUT2D eigenvalue weighted by Gasteiger charge is -2.13. The van der Waals surface area contributed by atoms with E-state index in [-0.39, 0.29) is 16.6 Å². The Bertz CT molecular complexity index is 1050. The number of nitro benzene ring substituents is 1. The van der Waals surface area contributed by atoms with Gasteiger partial charge >= 0.3 is 0 Å². The van der Waals surface area contributed by atoms with Crippen LogP contribution in [0.25, 0.3) is 11.3 Å². The minimum absolute atomic E-state index is 0.0483. The lowest BCUT2D eigenvalue weighted by molar-refractivity contribution is -0.384. The maximum Gasteiger partial charge on any atom is 0.293 e. The second-order valence-corrected chi connectivity index (χ2v) is 6.55. The van der Waals surface area contributed by atoms with Crippen molar-refractivity contribution < 1.29 is 14.1 Å². The van der Waals surface area contributed by atoms with E-state index in [1.54, 1.807) is 18.2 Å². The Hall–Kier alpha value is -3.52. The summed E-state index contributed by atoms with van der Waals surface area (Å²) in [6.45, 7) is 3.88. The minimum atomic E-state index is -0.514. The molecule has 7 nitrogen and oxygen atoms in total. The summed E-state index contributed by atoms with van der Waals surface area (Å²) < 4.78 is 5.54. The summed E-state index contributed by atoms with van der Waals surface area (Å²) in [6.07, 6.45) is 0. The molecule has 2 aromatic carbocycles. The van der Waals surface area contributed by atoms with Gasteiger partial charge in [0.25, 0.3) is 11.6 Å². The summed E-state index contributed by atoms with van der Waals surface area (Å²) in [5.74, 6) is -0.116. The van der Waals surface area contributed by atoms with Crippen LogP contribution in [0.5, 0.6) is 0 Å². The van der Waals surface area contributed by atoms with Crippen LogP contribution in [0.4, 0.5) is 11.4 Å². The van der Waals surface area contributed by atoms with E-state index in [9.17, 15) is 14.9 Å². The molecule has 0 aliphatic rings. The van der Waals surface area contributed by atoms with Gasteiger partial charge in [-0.05, 0) is 49.3 Å². The van der Waals surface area contributed by atoms with Gasteiger partial charge in [0.2, 0.25) is 0 Å². The first-order valence-electron chi connectivity index (χ1n) is 8.38. The van der Waals surface area contributed by atoms with Crippen LogP contribution < -0.4 is 10.6 Å². The van der Waals surface area contributed by atoms with Crippen molar-refractivity contribution in [3.63, 3.8) is 0 Å². The van der Waals surface area contributed by atoms with Crippen LogP contribution in [0, 0.1) is 24.0 Å².